The van der Waals surface area contributed by atoms with Gasteiger partial charge in [0.15, 0.2) is 11.5 Å². The number of nitrogens with zero attached hydrogens (tertiary/aromatic N) is 2. The smallest absolute Gasteiger partial charge is 0.257 e. The second kappa shape index (κ2) is 6.10. The van der Waals surface area contributed by atoms with E-state index in [1.165, 1.54) is 11.3 Å². The summed E-state index contributed by atoms with van der Waals surface area (Å²) in [6.07, 6.45) is 0.837. The monoisotopic (exact) mass is 339 g/mol. The number of halogens is 1. The number of hydrogen-bond donors (Lipinski definition) is 1. The van der Waals surface area contributed by atoms with Gasteiger partial charge in [-0.1, -0.05) is 36.8 Å². The van der Waals surface area contributed by atoms with E-state index in [9.17, 15) is 4.79 Å². The van der Waals surface area contributed by atoms with Gasteiger partial charge >= 0.3 is 0 Å². The molecule has 1 aromatic heterocycles. The maximum Gasteiger partial charge on any atom is 0.257 e. The first-order valence-electron chi connectivity index (χ1n) is 6.76. The van der Waals surface area contributed by atoms with Crippen molar-refractivity contribution < 1.29 is 14.3 Å². The van der Waals surface area contributed by atoms with E-state index in [0.717, 1.165) is 11.4 Å². The summed E-state index contributed by atoms with van der Waals surface area (Å²) in [5.41, 5.74) is 0.384. The van der Waals surface area contributed by atoms with Crippen LogP contribution in [0.4, 0.5) is 5.13 Å². The Balaban J connectivity index is 1.75. The van der Waals surface area contributed by atoms with Crippen LogP contribution < -0.4 is 14.8 Å². The summed E-state index contributed by atoms with van der Waals surface area (Å²) in [6.45, 7) is 4.32. The van der Waals surface area contributed by atoms with E-state index in [2.05, 4.69) is 29.4 Å². The van der Waals surface area contributed by atoms with Crippen LogP contribution in [-0.4, -0.2) is 22.9 Å². The van der Waals surface area contributed by atoms with E-state index >= 15 is 0 Å². The Morgan fingerprint density at radius 1 is 1.41 bits per heavy atom. The minimum Gasteiger partial charge on any atom is -0.454 e. The van der Waals surface area contributed by atoms with Crippen LogP contribution >= 0.6 is 22.9 Å². The lowest BCUT2D eigenvalue weighted by Gasteiger charge is -2.04. The van der Waals surface area contributed by atoms with E-state index in [1.54, 1.807) is 12.1 Å². The molecule has 0 spiro atoms. The normalized spacial score (nSPS) is 12.7. The van der Waals surface area contributed by atoms with Gasteiger partial charge in [-0.3, -0.25) is 10.1 Å². The largest absolute Gasteiger partial charge is 0.454 e. The van der Waals surface area contributed by atoms with Crippen LogP contribution in [0.2, 0.25) is 5.02 Å². The molecule has 0 radical (unpaired) electrons. The third-order valence-corrected chi connectivity index (χ3v) is 4.10. The highest BCUT2D eigenvalue weighted by Crippen LogP contribution is 2.39. The van der Waals surface area contributed by atoms with Gasteiger partial charge in [0.25, 0.3) is 5.91 Å². The average Bonchev–Trinajstić information content (AvgIpc) is 3.07. The molecule has 8 heteroatoms. The number of anilines is 1. The molecule has 2 heterocycles. The van der Waals surface area contributed by atoms with Gasteiger partial charge in [0.05, 0.1) is 5.02 Å². The highest BCUT2D eigenvalue weighted by atomic mass is 35.5. The summed E-state index contributed by atoms with van der Waals surface area (Å²) in [5.74, 6) is 1.11. The first-order valence-corrected chi connectivity index (χ1v) is 7.95. The molecule has 1 aromatic carbocycles. The van der Waals surface area contributed by atoms with E-state index in [4.69, 9.17) is 21.1 Å². The topological polar surface area (TPSA) is 73.3 Å². The molecule has 0 bridgehead atoms. The molecule has 0 unspecified atom stereocenters. The SMILES string of the molecule is CC(C)Cc1nnc(NC(=O)c2cc(Cl)c3c(c2)OCO3)s1. The van der Waals surface area contributed by atoms with E-state index in [-0.39, 0.29) is 12.7 Å². The molecule has 0 atom stereocenters. The standard InChI is InChI=1S/C14H14ClN3O3S/c1-7(2)3-11-17-18-14(22-11)16-13(19)8-4-9(15)12-10(5-8)20-6-21-12/h4-5,7H,3,6H2,1-2H3,(H,16,18,19). The molecule has 1 N–H and O–H groups in total. The van der Waals surface area contributed by atoms with Crippen molar-refractivity contribution in [2.45, 2.75) is 20.3 Å². The van der Waals surface area contributed by atoms with Crippen molar-refractivity contribution in [3.05, 3.63) is 27.7 Å². The van der Waals surface area contributed by atoms with E-state index in [1.807, 2.05) is 0 Å². The first kappa shape index (κ1) is 15.1. The number of benzene rings is 1. The van der Waals surface area contributed by atoms with E-state index < -0.39 is 0 Å². The van der Waals surface area contributed by atoms with Crippen LogP contribution in [0.15, 0.2) is 12.1 Å². The zero-order chi connectivity index (χ0) is 15.7. The third-order valence-electron chi connectivity index (χ3n) is 2.96. The Bertz CT molecular complexity index is 717. The van der Waals surface area contributed by atoms with Crippen LogP contribution in [0.3, 0.4) is 0 Å². The van der Waals surface area contributed by atoms with Gasteiger partial charge in [-0.15, -0.1) is 10.2 Å². The zero-order valence-electron chi connectivity index (χ0n) is 12.1. The number of nitrogens with one attached hydrogen (secondary N) is 1. The summed E-state index contributed by atoms with van der Waals surface area (Å²) in [5, 5.41) is 12.5. The Morgan fingerprint density at radius 3 is 3.00 bits per heavy atom. The maximum atomic E-state index is 12.3. The number of rotatable bonds is 4. The first-order chi connectivity index (χ1) is 10.5. The minimum absolute atomic E-state index is 0.106. The molecular weight excluding hydrogens is 326 g/mol. The maximum absolute atomic E-state index is 12.3. The fourth-order valence-corrected chi connectivity index (χ4v) is 3.22. The fraction of sp³-hybridized carbons (Fsp3) is 0.357. The fourth-order valence-electron chi connectivity index (χ4n) is 2.00. The predicted octanol–water partition coefficient (Wildman–Crippen LogP) is 3.37. The molecule has 1 amide bonds. The minimum atomic E-state index is -0.313. The number of fused-ring (bicyclic) bond motifs is 1. The second-order valence-electron chi connectivity index (χ2n) is 5.24. The Morgan fingerprint density at radius 2 is 2.23 bits per heavy atom. The second-order valence-corrected chi connectivity index (χ2v) is 6.71. The molecular formula is C14H14ClN3O3S. The lowest BCUT2D eigenvalue weighted by atomic mass is 10.1. The highest BCUT2D eigenvalue weighted by Gasteiger charge is 2.21. The molecule has 0 saturated carbocycles. The molecule has 0 aliphatic carbocycles. The predicted molar refractivity (Wildman–Crippen MR) is 84.0 cm³/mol. The van der Waals surface area contributed by atoms with Gasteiger partial charge in [0.2, 0.25) is 11.9 Å². The molecule has 2 aromatic rings. The van der Waals surface area contributed by atoms with Crippen molar-refractivity contribution in [2.75, 3.05) is 12.1 Å². The van der Waals surface area contributed by atoms with Crippen molar-refractivity contribution >= 4 is 34.0 Å². The summed E-state index contributed by atoms with van der Waals surface area (Å²) >= 11 is 7.44. The van der Waals surface area contributed by atoms with Gasteiger partial charge in [-0.2, -0.15) is 0 Å². The number of hydrogen-bond acceptors (Lipinski definition) is 6. The molecule has 0 saturated heterocycles. The quantitative estimate of drug-likeness (QED) is 0.924. The van der Waals surface area contributed by atoms with Gasteiger partial charge < -0.3 is 9.47 Å². The van der Waals surface area contributed by atoms with Crippen molar-refractivity contribution in [3.8, 4) is 11.5 Å². The van der Waals surface area contributed by atoms with Gasteiger partial charge in [0, 0.05) is 12.0 Å². The lowest BCUT2D eigenvalue weighted by molar-refractivity contribution is 0.102. The number of amides is 1. The number of carbonyl (C=O) groups is 1. The Labute approximate surface area is 136 Å². The summed E-state index contributed by atoms with van der Waals surface area (Å²) in [7, 11) is 0. The number of ether oxygens (including phenoxy) is 2. The van der Waals surface area contributed by atoms with Gasteiger partial charge in [-0.05, 0) is 18.1 Å². The molecule has 0 fully saturated rings. The van der Waals surface area contributed by atoms with Crippen molar-refractivity contribution in [1.29, 1.82) is 0 Å². The summed E-state index contributed by atoms with van der Waals surface area (Å²) < 4.78 is 10.5. The van der Waals surface area contributed by atoms with Gasteiger partial charge in [0.1, 0.15) is 5.01 Å². The molecule has 22 heavy (non-hydrogen) atoms. The molecule has 1 aliphatic heterocycles. The number of carbonyl (C=O) groups excluding carboxylic acids is 1. The lowest BCUT2D eigenvalue weighted by Crippen LogP contribution is -2.11. The van der Waals surface area contributed by atoms with Crippen molar-refractivity contribution in [2.24, 2.45) is 5.92 Å². The molecule has 116 valence electrons. The highest BCUT2D eigenvalue weighted by molar-refractivity contribution is 7.15. The summed E-state index contributed by atoms with van der Waals surface area (Å²) in [6, 6.07) is 3.14. The van der Waals surface area contributed by atoms with Crippen LogP contribution in [0.1, 0.15) is 29.2 Å². The van der Waals surface area contributed by atoms with Crippen LogP contribution in [-0.2, 0) is 6.42 Å². The zero-order valence-corrected chi connectivity index (χ0v) is 13.6. The Kier molecular flexibility index (Phi) is 4.17. The van der Waals surface area contributed by atoms with E-state index in [0.29, 0.717) is 33.1 Å². The van der Waals surface area contributed by atoms with Crippen molar-refractivity contribution in [1.82, 2.24) is 10.2 Å². The Hall–Kier alpha value is -1.86. The molecule has 1 aliphatic rings. The van der Waals surface area contributed by atoms with Crippen LogP contribution in [0.25, 0.3) is 0 Å². The van der Waals surface area contributed by atoms with Gasteiger partial charge in [-0.25, -0.2) is 0 Å². The average molecular weight is 340 g/mol. The third kappa shape index (κ3) is 3.15. The van der Waals surface area contributed by atoms with Crippen LogP contribution in [0.5, 0.6) is 11.5 Å². The van der Waals surface area contributed by atoms with Crippen molar-refractivity contribution in [3.63, 3.8) is 0 Å². The summed E-state index contributed by atoms with van der Waals surface area (Å²) in [4.78, 5) is 12.3. The molecule has 6 nitrogen and oxygen atoms in total. The number of aromatic nitrogens is 2. The van der Waals surface area contributed by atoms with Crippen LogP contribution in [0, 0.1) is 5.92 Å². The molecule has 3 rings (SSSR count).